The van der Waals surface area contributed by atoms with Gasteiger partial charge in [0.1, 0.15) is 11.9 Å². The third kappa shape index (κ3) is 3.79. The summed E-state index contributed by atoms with van der Waals surface area (Å²) in [5.41, 5.74) is 4.23. The lowest BCUT2D eigenvalue weighted by Gasteiger charge is -2.31. The van der Waals surface area contributed by atoms with Crippen molar-refractivity contribution in [2.45, 2.75) is 25.4 Å². The molecular weight excluding hydrogens is 379 g/mol. The zero-order valence-corrected chi connectivity index (χ0v) is 16.2. The second-order valence-electron chi connectivity index (χ2n) is 6.89. The molecule has 3 heterocycles. The number of benzene rings is 1. The van der Waals surface area contributed by atoms with Gasteiger partial charge in [0.2, 0.25) is 0 Å². The van der Waals surface area contributed by atoms with Crippen molar-refractivity contribution in [2.24, 2.45) is 0 Å². The van der Waals surface area contributed by atoms with Crippen LogP contribution in [0.5, 0.6) is 0 Å². The van der Waals surface area contributed by atoms with Crippen LogP contribution in [0.1, 0.15) is 32.6 Å². The fourth-order valence-corrected chi connectivity index (χ4v) is 4.25. The summed E-state index contributed by atoms with van der Waals surface area (Å²) >= 11 is 1.45. The Kier molecular flexibility index (Phi) is 5.15. The van der Waals surface area contributed by atoms with Gasteiger partial charge in [0.15, 0.2) is 0 Å². The number of carbonyl (C=O) groups excluding carboxylic acids is 2. The van der Waals surface area contributed by atoms with Crippen molar-refractivity contribution in [1.82, 2.24) is 20.7 Å². The van der Waals surface area contributed by atoms with Gasteiger partial charge in [-0.2, -0.15) is 0 Å². The van der Waals surface area contributed by atoms with Crippen LogP contribution in [0.3, 0.4) is 0 Å². The van der Waals surface area contributed by atoms with Gasteiger partial charge in [0.25, 0.3) is 11.8 Å². The summed E-state index contributed by atoms with van der Waals surface area (Å²) in [5.74, 6) is -0.408. The van der Waals surface area contributed by atoms with E-state index in [0.29, 0.717) is 24.4 Å². The smallest absolute Gasteiger partial charge is 0.261 e. The molecule has 2 N–H and O–H groups in total. The van der Waals surface area contributed by atoms with Gasteiger partial charge < -0.3 is 15.2 Å². The molecule has 1 fully saturated rings. The summed E-state index contributed by atoms with van der Waals surface area (Å²) in [7, 11) is 0. The van der Waals surface area contributed by atoms with Crippen LogP contribution in [-0.4, -0.2) is 40.9 Å². The molecule has 146 valence electrons. The first kappa shape index (κ1) is 18.6. The van der Waals surface area contributed by atoms with Gasteiger partial charge in [0, 0.05) is 30.4 Å². The largest absolute Gasteiger partial charge is 0.350 e. The van der Waals surface area contributed by atoms with E-state index >= 15 is 0 Å². The number of rotatable bonds is 5. The molecule has 1 saturated heterocycles. The maximum absolute atomic E-state index is 13.1. The molecule has 0 aliphatic carbocycles. The first-order valence-corrected chi connectivity index (χ1v) is 9.96. The van der Waals surface area contributed by atoms with E-state index in [-0.39, 0.29) is 29.7 Å². The molecule has 2 aliphatic heterocycles. The molecule has 0 spiro atoms. The summed E-state index contributed by atoms with van der Waals surface area (Å²) in [6.45, 7) is 2.75. The van der Waals surface area contributed by atoms with Crippen molar-refractivity contribution in [3.05, 3.63) is 69.9 Å². The van der Waals surface area contributed by atoms with Gasteiger partial charge in [0.05, 0.1) is 10.9 Å². The highest BCUT2D eigenvalue weighted by molar-refractivity contribution is 7.13. The average molecular weight is 400 g/mol. The molecular formula is C20H21FN4O2S. The Morgan fingerprint density at radius 2 is 2.04 bits per heavy atom. The molecule has 2 aliphatic rings. The maximum Gasteiger partial charge on any atom is 0.261 e. The molecule has 4 rings (SSSR count). The molecule has 2 atom stereocenters. The number of hydrogen-bond acceptors (Lipinski definition) is 5. The van der Waals surface area contributed by atoms with E-state index in [0.717, 1.165) is 10.4 Å². The van der Waals surface area contributed by atoms with E-state index < -0.39 is 0 Å². The summed E-state index contributed by atoms with van der Waals surface area (Å²) in [5, 5.41) is 4.66. The first-order valence-electron chi connectivity index (χ1n) is 9.14. The van der Waals surface area contributed by atoms with Crippen LogP contribution in [0.4, 0.5) is 4.39 Å². The lowest BCUT2D eigenvalue weighted by Crippen LogP contribution is -2.49. The minimum atomic E-state index is -0.310. The van der Waals surface area contributed by atoms with Gasteiger partial charge in [-0.25, -0.2) is 9.82 Å². The van der Waals surface area contributed by atoms with Crippen molar-refractivity contribution in [2.75, 3.05) is 13.1 Å². The van der Waals surface area contributed by atoms with E-state index in [2.05, 4.69) is 10.7 Å². The van der Waals surface area contributed by atoms with Crippen LogP contribution >= 0.6 is 11.3 Å². The number of nitrogens with zero attached hydrogens (tertiary/aromatic N) is 2. The second-order valence-corrected chi connectivity index (χ2v) is 8.18. The fourth-order valence-electron chi connectivity index (χ4n) is 3.47. The van der Waals surface area contributed by atoms with Gasteiger partial charge in [-0.15, -0.1) is 11.3 Å². The second kappa shape index (κ2) is 7.73. The Bertz CT molecular complexity index is 911. The third-order valence-corrected chi connectivity index (χ3v) is 5.95. The quantitative estimate of drug-likeness (QED) is 0.810. The van der Waals surface area contributed by atoms with Gasteiger partial charge in [-0.05, 0) is 43.2 Å². The summed E-state index contributed by atoms with van der Waals surface area (Å²) in [6, 6.07) is 9.69. The molecule has 2 unspecified atom stereocenters. The summed E-state index contributed by atoms with van der Waals surface area (Å²) < 4.78 is 13.1. The number of carbonyl (C=O) groups is 2. The number of amides is 2. The van der Waals surface area contributed by atoms with Crippen LogP contribution in [-0.2, 0) is 4.79 Å². The molecule has 0 bridgehead atoms. The van der Waals surface area contributed by atoms with E-state index in [1.807, 2.05) is 19.2 Å². The van der Waals surface area contributed by atoms with Crippen molar-refractivity contribution in [3.8, 4) is 0 Å². The molecule has 1 aromatic heterocycles. The number of nitrogens with one attached hydrogen (secondary N) is 2. The van der Waals surface area contributed by atoms with E-state index in [1.165, 1.54) is 23.5 Å². The SMILES string of the molecule is Cc1ccc(C(=O)NCCN2C=CN3NC(c4ccc(F)cc4)CC3C2=O)s1. The normalized spacial score (nSPS) is 21.1. The minimum Gasteiger partial charge on any atom is -0.350 e. The molecule has 8 heteroatoms. The van der Waals surface area contributed by atoms with Crippen LogP contribution in [0.25, 0.3) is 0 Å². The number of hydrogen-bond donors (Lipinski definition) is 2. The predicted octanol–water partition coefficient (Wildman–Crippen LogP) is 2.56. The van der Waals surface area contributed by atoms with Crippen LogP contribution < -0.4 is 10.7 Å². The maximum atomic E-state index is 13.1. The zero-order valence-electron chi connectivity index (χ0n) is 15.4. The third-order valence-electron chi connectivity index (χ3n) is 4.95. The van der Waals surface area contributed by atoms with E-state index in [1.54, 1.807) is 34.3 Å². The Balaban J connectivity index is 1.32. The standard InChI is InChI=1S/C20H21FN4O2S/c1-13-2-7-18(28-13)19(26)22-8-9-24-10-11-25-17(20(24)27)12-16(23-25)14-3-5-15(21)6-4-14/h2-7,10-11,16-17,23H,8-9,12H2,1H3,(H,22,26). The highest BCUT2D eigenvalue weighted by Gasteiger charge is 2.39. The van der Waals surface area contributed by atoms with Gasteiger partial charge >= 0.3 is 0 Å². The number of thiophene rings is 1. The number of halogens is 1. The highest BCUT2D eigenvalue weighted by atomic mass is 32.1. The monoisotopic (exact) mass is 400 g/mol. The highest BCUT2D eigenvalue weighted by Crippen LogP contribution is 2.30. The fraction of sp³-hybridized carbons (Fsp3) is 0.300. The molecule has 0 radical (unpaired) electrons. The molecule has 2 amide bonds. The molecule has 6 nitrogen and oxygen atoms in total. The van der Waals surface area contributed by atoms with E-state index in [4.69, 9.17) is 0 Å². The molecule has 2 aromatic rings. The topological polar surface area (TPSA) is 64.7 Å². The molecule has 28 heavy (non-hydrogen) atoms. The average Bonchev–Trinajstić information content (AvgIpc) is 3.31. The van der Waals surface area contributed by atoms with Crippen molar-refractivity contribution in [1.29, 1.82) is 0 Å². The Morgan fingerprint density at radius 3 is 2.75 bits per heavy atom. The predicted molar refractivity (Wildman–Crippen MR) is 105 cm³/mol. The molecule has 0 saturated carbocycles. The van der Waals surface area contributed by atoms with Crippen molar-refractivity contribution in [3.63, 3.8) is 0 Å². The van der Waals surface area contributed by atoms with Crippen LogP contribution in [0.15, 0.2) is 48.8 Å². The summed E-state index contributed by atoms with van der Waals surface area (Å²) in [6.07, 6.45) is 4.16. The summed E-state index contributed by atoms with van der Waals surface area (Å²) in [4.78, 5) is 28.3. The Labute approximate surface area is 166 Å². The number of fused-ring (bicyclic) bond motifs is 1. The van der Waals surface area contributed by atoms with Gasteiger partial charge in [-0.1, -0.05) is 12.1 Å². The Morgan fingerprint density at radius 1 is 1.25 bits per heavy atom. The van der Waals surface area contributed by atoms with Gasteiger partial charge in [-0.3, -0.25) is 9.59 Å². The number of hydrazine groups is 1. The van der Waals surface area contributed by atoms with Crippen LogP contribution in [0, 0.1) is 12.7 Å². The minimum absolute atomic E-state index is 0.0131. The lowest BCUT2D eigenvalue weighted by atomic mass is 10.0. The Hall–Kier alpha value is -2.71. The first-order chi connectivity index (χ1) is 13.5. The van der Waals surface area contributed by atoms with Crippen molar-refractivity contribution >= 4 is 23.2 Å². The number of aryl methyl sites for hydroxylation is 1. The van der Waals surface area contributed by atoms with E-state index in [9.17, 15) is 14.0 Å². The van der Waals surface area contributed by atoms with Crippen LogP contribution in [0.2, 0.25) is 0 Å². The zero-order chi connectivity index (χ0) is 19.7. The van der Waals surface area contributed by atoms with Crippen molar-refractivity contribution < 1.29 is 14.0 Å². The lowest BCUT2D eigenvalue weighted by molar-refractivity contribution is -0.134. The molecule has 1 aromatic carbocycles.